The number of fused-ring (bicyclic) bond motifs is 1. The van der Waals surface area contributed by atoms with E-state index in [1.54, 1.807) is 30.3 Å². The third kappa shape index (κ3) is 2.69. The van der Waals surface area contributed by atoms with E-state index in [1.165, 1.54) is 0 Å². The lowest BCUT2D eigenvalue weighted by Gasteiger charge is -2.08. The maximum Gasteiger partial charge on any atom is 0.231 e. The minimum atomic E-state index is 0.235. The lowest BCUT2D eigenvalue weighted by Crippen LogP contribution is -1.99. The summed E-state index contributed by atoms with van der Waals surface area (Å²) < 4.78 is 16.1. The Balaban J connectivity index is 1.74. The van der Waals surface area contributed by atoms with Crippen LogP contribution in [0.2, 0.25) is 10.2 Å². The van der Waals surface area contributed by atoms with E-state index in [4.69, 9.17) is 37.4 Å². The highest BCUT2D eigenvalue weighted by atomic mass is 35.5. The van der Waals surface area contributed by atoms with Gasteiger partial charge in [0.05, 0.1) is 10.7 Å². The third-order valence-electron chi connectivity index (χ3n) is 2.60. The van der Waals surface area contributed by atoms with Gasteiger partial charge in [0.25, 0.3) is 0 Å². The summed E-state index contributed by atoms with van der Waals surface area (Å²) in [7, 11) is 0. The Bertz CT molecular complexity index is 619. The Kier molecular flexibility index (Phi) is 3.36. The predicted octanol–water partition coefficient (Wildman–Crippen LogP) is 3.70. The number of rotatable bonds is 3. The SMILES string of the molecule is Clc1ccc(Cl)c(COc2ccc3c(c2)OCO3)n1. The minimum absolute atomic E-state index is 0.235. The predicted molar refractivity (Wildman–Crippen MR) is 71.2 cm³/mol. The van der Waals surface area contributed by atoms with E-state index in [0.29, 0.717) is 33.1 Å². The first-order valence-electron chi connectivity index (χ1n) is 5.56. The van der Waals surface area contributed by atoms with Gasteiger partial charge in [-0.3, -0.25) is 0 Å². The zero-order chi connectivity index (χ0) is 13.2. The highest BCUT2D eigenvalue weighted by Crippen LogP contribution is 2.35. The van der Waals surface area contributed by atoms with Gasteiger partial charge in [-0.1, -0.05) is 23.2 Å². The van der Waals surface area contributed by atoms with Crippen molar-refractivity contribution in [1.82, 2.24) is 4.98 Å². The second kappa shape index (κ2) is 5.15. The van der Waals surface area contributed by atoms with Crippen molar-refractivity contribution < 1.29 is 14.2 Å². The molecule has 0 radical (unpaired) electrons. The van der Waals surface area contributed by atoms with Gasteiger partial charge in [-0.05, 0) is 24.3 Å². The minimum Gasteiger partial charge on any atom is -0.487 e. The first-order valence-corrected chi connectivity index (χ1v) is 6.31. The Labute approximate surface area is 119 Å². The second-order valence-corrected chi connectivity index (χ2v) is 4.66. The van der Waals surface area contributed by atoms with Gasteiger partial charge in [0.2, 0.25) is 6.79 Å². The molecule has 1 aromatic carbocycles. The van der Waals surface area contributed by atoms with Crippen molar-refractivity contribution in [1.29, 1.82) is 0 Å². The molecule has 0 spiro atoms. The molecule has 19 heavy (non-hydrogen) atoms. The van der Waals surface area contributed by atoms with Gasteiger partial charge in [-0.2, -0.15) is 0 Å². The average Bonchev–Trinajstić information content (AvgIpc) is 2.87. The molecule has 3 rings (SSSR count). The molecule has 4 nitrogen and oxygen atoms in total. The van der Waals surface area contributed by atoms with Crippen LogP contribution in [0.5, 0.6) is 17.2 Å². The van der Waals surface area contributed by atoms with Crippen LogP contribution in [0.25, 0.3) is 0 Å². The van der Waals surface area contributed by atoms with Crippen molar-refractivity contribution in [2.45, 2.75) is 6.61 Å². The molecule has 0 saturated heterocycles. The van der Waals surface area contributed by atoms with E-state index in [2.05, 4.69) is 4.98 Å². The maximum atomic E-state index is 6.01. The molecule has 0 N–H and O–H groups in total. The van der Waals surface area contributed by atoms with E-state index in [0.717, 1.165) is 0 Å². The summed E-state index contributed by atoms with van der Waals surface area (Å²) in [5.74, 6) is 2.04. The number of pyridine rings is 1. The average molecular weight is 298 g/mol. The van der Waals surface area contributed by atoms with Gasteiger partial charge in [-0.15, -0.1) is 0 Å². The molecule has 0 unspecified atom stereocenters. The first-order chi connectivity index (χ1) is 9.22. The summed E-state index contributed by atoms with van der Waals surface area (Å²) in [5.41, 5.74) is 0.590. The van der Waals surface area contributed by atoms with Gasteiger partial charge in [0.1, 0.15) is 17.5 Å². The molecule has 0 atom stereocenters. The van der Waals surface area contributed by atoms with Crippen molar-refractivity contribution in [3.05, 3.63) is 46.2 Å². The molecule has 0 fully saturated rings. The van der Waals surface area contributed by atoms with Crippen LogP contribution in [-0.2, 0) is 6.61 Å². The lowest BCUT2D eigenvalue weighted by molar-refractivity contribution is 0.173. The fourth-order valence-corrected chi connectivity index (χ4v) is 2.00. The summed E-state index contributed by atoms with van der Waals surface area (Å²) >= 11 is 11.8. The fraction of sp³-hybridized carbons (Fsp3) is 0.154. The van der Waals surface area contributed by atoms with Gasteiger partial charge < -0.3 is 14.2 Å². The molecule has 6 heteroatoms. The van der Waals surface area contributed by atoms with Crippen LogP contribution in [0, 0.1) is 0 Å². The number of hydrogen-bond acceptors (Lipinski definition) is 4. The fourth-order valence-electron chi connectivity index (χ4n) is 1.68. The molecular weight excluding hydrogens is 289 g/mol. The number of halogens is 2. The highest BCUT2D eigenvalue weighted by Gasteiger charge is 2.14. The Hall–Kier alpha value is -1.65. The number of hydrogen-bond donors (Lipinski definition) is 0. The van der Waals surface area contributed by atoms with Crippen molar-refractivity contribution >= 4 is 23.2 Å². The van der Waals surface area contributed by atoms with Gasteiger partial charge in [0, 0.05) is 6.07 Å². The zero-order valence-electron chi connectivity index (χ0n) is 9.73. The van der Waals surface area contributed by atoms with Crippen LogP contribution < -0.4 is 14.2 Å². The van der Waals surface area contributed by atoms with Gasteiger partial charge >= 0.3 is 0 Å². The van der Waals surface area contributed by atoms with Crippen LogP contribution in [-0.4, -0.2) is 11.8 Å². The molecule has 2 aromatic rings. The van der Waals surface area contributed by atoms with Crippen LogP contribution in [0.4, 0.5) is 0 Å². The molecule has 1 aliphatic heterocycles. The topological polar surface area (TPSA) is 40.6 Å². The molecule has 0 saturated carbocycles. The zero-order valence-corrected chi connectivity index (χ0v) is 11.2. The van der Waals surface area contributed by atoms with E-state index >= 15 is 0 Å². The maximum absolute atomic E-state index is 6.01. The quantitative estimate of drug-likeness (QED) is 0.810. The molecule has 1 aromatic heterocycles. The number of benzene rings is 1. The van der Waals surface area contributed by atoms with Crippen molar-refractivity contribution in [2.75, 3.05) is 6.79 Å². The van der Waals surface area contributed by atoms with Crippen molar-refractivity contribution in [3.63, 3.8) is 0 Å². The molecule has 1 aliphatic rings. The van der Waals surface area contributed by atoms with E-state index < -0.39 is 0 Å². The van der Waals surface area contributed by atoms with Gasteiger partial charge in [0.15, 0.2) is 11.5 Å². The molecule has 0 bridgehead atoms. The smallest absolute Gasteiger partial charge is 0.231 e. The van der Waals surface area contributed by atoms with Crippen LogP contribution >= 0.6 is 23.2 Å². The molecule has 2 heterocycles. The van der Waals surface area contributed by atoms with Crippen LogP contribution in [0.3, 0.4) is 0 Å². The van der Waals surface area contributed by atoms with E-state index in [9.17, 15) is 0 Å². The summed E-state index contributed by atoms with van der Waals surface area (Å²) in [5, 5.41) is 0.902. The van der Waals surface area contributed by atoms with Gasteiger partial charge in [-0.25, -0.2) is 4.98 Å². The summed E-state index contributed by atoms with van der Waals surface area (Å²) in [6.07, 6.45) is 0. The van der Waals surface area contributed by atoms with Crippen LogP contribution in [0.1, 0.15) is 5.69 Å². The Morgan fingerprint density at radius 2 is 1.95 bits per heavy atom. The van der Waals surface area contributed by atoms with E-state index in [-0.39, 0.29) is 13.4 Å². The Morgan fingerprint density at radius 1 is 1.11 bits per heavy atom. The largest absolute Gasteiger partial charge is 0.487 e. The summed E-state index contributed by atoms with van der Waals surface area (Å²) in [6, 6.07) is 8.68. The molecule has 0 amide bonds. The standard InChI is InChI=1S/C13H9Cl2NO3/c14-9-2-4-13(15)16-10(9)6-17-8-1-3-11-12(5-8)19-7-18-11/h1-5H,6-7H2. The van der Waals surface area contributed by atoms with Crippen molar-refractivity contribution in [3.8, 4) is 17.2 Å². The normalized spacial score (nSPS) is 12.5. The number of nitrogens with zero attached hydrogens (tertiary/aromatic N) is 1. The number of ether oxygens (including phenoxy) is 3. The monoisotopic (exact) mass is 297 g/mol. The number of aromatic nitrogens is 1. The molecule has 98 valence electrons. The van der Waals surface area contributed by atoms with E-state index in [1.807, 2.05) is 0 Å². The molecule has 0 aliphatic carbocycles. The lowest BCUT2D eigenvalue weighted by atomic mass is 10.3. The first kappa shape index (κ1) is 12.4. The summed E-state index contributed by atoms with van der Waals surface area (Å²) in [6.45, 7) is 0.472. The van der Waals surface area contributed by atoms with Crippen molar-refractivity contribution in [2.24, 2.45) is 0 Å². The second-order valence-electron chi connectivity index (χ2n) is 3.87. The molecular formula is C13H9Cl2NO3. The highest BCUT2D eigenvalue weighted by molar-refractivity contribution is 6.32. The van der Waals surface area contributed by atoms with Crippen LogP contribution in [0.15, 0.2) is 30.3 Å². The summed E-state index contributed by atoms with van der Waals surface area (Å²) in [4.78, 5) is 4.11. The third-order valence-corrected chi connectivity index (χ3v) is 3.16. The Morgan fingerprint density at radius 3 is 2.84 bits per heavy atom.